The Balaban J connectivity index is 1.91. The minimum Gasteiger partial charge on any atom is -0.300 e. The zero-order chi connectivity index (χ0) is 25.1. The quantitative estimate of drug-likeness (QED) is 0.295. The smallest absolute Gasteiger partial charge is 0.300 e. The maximum Gasteiger partial charge on any atom is 0.418 e. The third kappa shape index (κ3) is 6.51. The fourth-order valence-electron chi connectivity index (χ4n) is 3.52. The molecule has 0 aliphatic heterocycles. The number of carbonyl (C=O) groups excluding carboxylic acids is 1. The van der Waals surface area contributed by atoms with Gasteiger partial charge in [0.1, 0.15) is 5.78 Å². The van der Waals surface area contributed by atoms with E-state index in [4.69, 9.17) is 23.2 Å². The summed E-state index contributed by atoms with van der Waals surface area (Å²) in [5.41, 5.74) is -1.57. The molecule has 0 saturated heterocycles. The molecule has 0 saturated carbocycles. The van der Waals surface area contributed by atoms with E-state index in [9.17, 15) is 31.1 Å². The normalized spacial score (nSPS) is 13.1. The van der Waals surface area contributed by atoms with Crippen molar-refractivity contribution in [2.45, 2.75) is 37.5 Å². The lowest BCUT2D eigenvalue weighted by Gasteiger charge is -2.21. The molecule has 0 N–H and O–H groups in total. The number of alkyl halides is 6. The first-order chi connectivity index (χ1) is 15.9. The molecule has 0 aliphatic rings. The van der Waals surface area contributed by atoms with E-state index in [1.807, 2.05) is 0 Å². The molecule has 3 rings (SSSR count). The molecule has 180 valence electrons. The maximum atomic E-state index is 13.6. The van der Waals surface area contributed by atoms with Crippen LogP contribution in [0.4, 0.5) is 26.3 Å². The van der Waals surface area contributed by atoms with E-state index < -0.39 is 35.1 Å². The Morgan fingerprint density at radius 3 is 2.15 bits per heavy atom. The number of hydrogen-bond acceptors (Lipinski definition) is 2. The van der Waals surface area contributed by atoms with E-state index >= 15 is 0 Å². The molecule has 0 radical (unpaired) electrons. The van der Waals surface area contributed by atoms with Gasteiger partial charge < -0.3 is 0 Å². The van der Waals surface area contributed by atoms with E-state index in [-0.39, 0.29) is 30.6 Å². The van der Waals surface area contributed by atoms with Crippen molar-refractivity contribution in [1.29, 1.82) is 0 Å². The van der Waals surface area contributed by atoms with Crippen LogP contribution in [-0.2, 0) is 23.6 Å². The van der Waals surface area contributed by atoms with Crippen LogP contribution in [0.15, 0.2) is 60.8 Å². The molecule has 1 atom stereocenters. The number of nitrogens with zero attached hydrogens (tertiary/aromatic N) is 1. The predicted octanol–water partition coefficient (Wildman–Crippen LogP) is 8.15. The van der Waals surface area contributed by atoms with Gasteiger partial charge in [-0.05, 0) is 53.9 Å². The van der Waals surface area contributed by atoms with Crippen LogP contribution in [-0.4, -0.2) is 10.8 Å². The summed E-state index contributed by atoms with van der Waals surface area (Å²) >= 11 is 11.8. The van der Waals surface area contributed by atoms with Crippen LogP contribution >= 0.6 is 23.2 Å². The molecule has 34 heavy (non-hydrogen) atoms. The molecule has 0 aliphatic carbocycles. The third-order valence-electron chi connectivity index (χ3n) is 5.22. The topological polar surface area (TPSA) is 30.0 Å². The first kappa shape index (κ1) is 26.0. The van der Waals surface area contributed by atoms with Crippen molar-refractivity contribution in [1.82, 2.24) is 4.98 Å². The van der Waals surface area contributed by atoms with E-state index in [2.05, 4.69) is 4.98 Å². The SMILES string of the molecule is O=C(CCc1ccc(Cl)c(Cl)c1)C[C@@H](c1ccc(C(F)(F)F)cc1)c1ncccc1C(F)(F)F. The van der Waals surface area contributed by atoms with Gasteiger partial charge in [-0.3, -0.25) is 9.78 Å². The molecule has 0 spiro atoms. The Morgan fingerprint density at radius 1 is 0.882 bits per heavy atom. The molecular formula is C24H17Cl2F6NO. The van der Waals surface area contributed by atoms with Crippen LogP contribution in [0.25, 0.3) is 0 Å². The van der Waals surface area contributed by atoms with Crippen molar-refractivity contribution in [3.05, 3.63) is 98.8 Å². The zero-order valence-electron chi connectivity index (χ0n) is 17.4. The average Bonchev–Trinajstić information content (AvgIpc) is 2.77. The summed E-state index contributed by atoms with van der Waals surface area (Å²) in [6.07, 6.45) is -8.32. The van der Waals surface area contributed by atoms with E-state index in [1.165, 1.54) is 0 Å². The number of Topliss-reactive ketones (excluding diaryl/α,β-unsaturated/α-hetero) is 1. The summed E-state index contributed by atoms with van der Waals surface area (Å²) in [5.74, 6) is -1.56. The Labute approximate surface area is 201 Å². The summed E-state index contributed by atoms with van der Waals surface area (Å²) in [6, 6.07) is 10.5. The molecule has 3 aromatic rings. The van der Waals surface area contributed by atoms with Gasteiger partial charge in [-0.25, -0.2) is 0 Å². The number of aromatic nitrogens is 1. The molecule has 1 aromatic heterocycles. The highest BCUT2D eigenvalue weighted by molar-refractivity contribution is 6.42. The molecule has 0 unspecified atom stereocenters. The fourth-order valence-corrected chi connectivity index (χ4v) is 3.84. The van der Waals surface area contributed by atoms with Crippen molar-refractivity contribution in [2.75, 3.05) is 0 Å². The highest BCUT2D eigenvalue weighted by Gasteiger charge is 2.37. The number of ketones is 1. The second-order valence-electron chi connectivity index (χ2n) is 7.60. The number of hydrogen-bond donors (Lipinski definition) is 0. The van der Waals surface area contributed by atoms with E-state index in [0.29, 0.717) is 15.6 Å². The molecular weight excluding hydrogens is 503 g/mol. The van der Waals surface area contributed by atoms with Crippen LogP contribution < -0.4 is 0 Å². The van der Waals surface area contributed by atoms with Crippen molar-refractivity contribution in [3.8, 4) is 0 Å². The van der Waals surface area contributed by atoms with Gasteiger partial charge in [0.25, 0.3) is 0 Å². The summed E-state index contributed by atoms with van der Waals surface area (Å²) in [5, 5.41) is 0.645. The Bertz CT molecular complexity index is 1160. The van der Waals surface area contributed by atoms with Gasteiger partial charge in [-0.2, -0.15) is 26.3 Å². The van der Waals surface area contributed by atoms with E-state index in [0.717, 1.165) is 42.6 Å². The molecule has 2 aromatic carbocycles. The van der Waals surface area contributed by atoms with Crippen molar-refractivity contribution in [3.63, 3.8) is 0 Å². The van der Waals surface area contributed by atoms with Gasteiger partial charge in [0.15, 0.2) is 0 Å². The van der Waals surface area contributed by atoms with Crippen LogP contribution in [0.3, 0.4) is 0 Å². The minimum absolute atomic E-state index is 0.0106. The summed E-state index contributed by atoms with van der Waals surface area (Å²) < 4.78 is 79.7. The zero-order valence-corrected chi connectivity index (χ0v) is 18.9. The number of carbonyl (C=O) groups is 1. The van der Waals surface area contributed by atoms with E-state index in [1.54, 1.807) is 18.2 Å². The lowest BCUT2D eigenvalue weighted by molar-refractivity contribution is -0.139. The molecule has 2 nitrogen and oxygen atoms in total. The lowest BCUT2D eigenvalue weighted by Crippen LogP contribution is -2.17. The number of pyridine rings is 1. The van der Waals surface area contributed by atoms with Gasteiger partial charge in [0.05, 0.1) is 26.9 Å². The van der Waals surface area contributed by atoms with Crippen molar-refractivity contribution >= 4 is 29.0 Å². The first-order valence-corrected chi connectivity index (χ1v) is 10.8. The van der Waals surface area contributed by atoms with Crippen LogP contribution in [0.1, 0.15) is 46.7 Å². The number of aryl methyl sites for hydroxylation is 1. The second-order valence-corrected chi connectivity index (χ2v) is 8.41. The van der Waals surface area contributed by atoms with Crippen molar-refractivity contribution < 1.29 is 31.1 Å². The molecule has 0 fully saturated rings. The summed E-state index contributed by atoms with van der Waals surface area (Å²) in [6.45, 7) is 0. The Kier molecular flexibility index (Phi) is 7.93. The number of halogens is 8. The molecule has 1 heterocycles. The Hall–Kier alpha value is -2.58. The minimum atomic E-state index is -4.75. The highest BCUT2D eigenvalue weighted by atomic mass is 35.5. The summed E-state index contributed by atoms with van der Waals surface area (Å²) in [4.78, 5) is 16.6. The van der Waals surface area contributed by atoms with Crippen molar-refractivity contribution in [2.24, 2.45) is 0 Å². The number of benzene rings is 2. The first-order valence-electron chi connectivity index (χ1n) is 10.0. The fraction of sp³-hybridized carbons (Fsp3) is 0.250. The molecule has 10 heteroatoms. The lowest BCUT2D eigenvalue weighted by atomic mass is 9.86. The second kappa shape index (κ2) is 10.4. The molecule has 0 amide bonds. The van der Waals surface area contributed by atoms with Gasteiger partial charge >= 0.3 is 12.4 Å². The standard InChI is InChI=1S/C24H17Cl2F6NO/c25-20-10-4-14(12-21(20)26)3-9-17(34)13-18(15-5-7-16(8-6-15)23(27,28)29)22-19(24(30,31)32)2-1-11-33-22/h1-2,4-8,10-12,18H,3,9,13H2/t18-/m0/s1. The monoisotopic (exact) mass is 519 g/mol. The van der Waals surface area contributed by atoms with Crippen LogP contribution in [0, 0.1) is 0 Å². The van der Waals surface area contributed by atoms with Gasteiger partial charge in [-0.15, -0.1) is 0 Å². The van der Waals surface area contributed by atoms with Crippen LogP contribution in [0.2, 0.25) is 10.0 Å². The number of rotatable bonds is 7. The Morgan fingerprint density at radius 2 is 1.56 bits per heavy atom. The largest absolute Gasteiger partial charge is 0.418 e. The average molecular weight is 520 g/mol. The van der Waals surface area contributed by atoms with Gasteiger partial charge in [0.2, 0.25) is 0 Å². The van der Waals surface area contributed by atoms with Gasteiger partial charge in [0, 0.05) is 25.0 Å². The summed E-state index contributed by atoms with van der Waals surface area (Å²) in [7, 11) is 0. The molecule has 0 bridgehead atoms. The van der Waals surface area contributed by atoms with Gasteiger partial charge in [-0.1, -0.05) is 41.4 Å². The third-order valence-corrected chi connectivity index (χ3v) is 5.96. The predicted molar refractivity (Wildman–Crippen MR) is 117 cm³/mol. The maximum absolute atomic E-state index is 13.6. The highest BCUT2D eigenvalue weighted by Crippen LogP contribution is 2.39. The van der Waals surface area contributed by atoms with Crippen LogP contribution in [0.5, 0.6) is 0 Å².